The Hall–Kier alpha value is -1.59. The van der Waals surface area contributed by atoms with Crippen LogP contribution in [0.3, 0.4) is 0 Å². The van der Waals surface area contributed by atoms with Crippen LogP contribution >= 0.6 is 11.3 Å². The second kappa shape index (κ2) is 5.31. The third kappa shape index (κ3) is 3.19. The number of anilines is 1. The molecule has 3 N–H and O–H groups in total. The van der Waals surface area contributed by atoms with E-state index >= 15 is 0 Å². The van der Waals surface area contributed by atoms with Gasteiger partial charge in [-0.25, -0.2) is 0 Å². The van der Waals surface area contributed by atoms with Gasteiger partial charge in [-0.15, -0.1) is 11.3 Å². The Kier molecular flexibility index (Phi) is 3.63. The van der Waals surface area contributed by atoms with E-state index in [9.17, 15) is 4.79 Å². The Bertz CT molecular complexity index is 678. The van der Waals surface area contributed by atoms with E-state index in [0.717, 1.165) is 33.5 Å². The van der Waals surface area contributed by atoms with Crippen LogP contribution < -0.4 is 11.1 Å². The summed E-state index contributed by atoms with van der Waals surface area (Å²) in [6.45, 7) is 4.82. The minimum absolute atomic E-state index is 0.00234. The molecule has 1 aromatic carbocycles. The van der Waals surface area contributed by atoms with Crippen molar-refractivity contribution in [3.63, 3.8) is 0 Å². The molecule has 1 amide bonds. The highest BCUT2D eigenvalue weighted by Gasteiger charge is 2.30. The molecular formula is C16H20N2O2S. The first-order valence-corrected chi connectivity index (χ1v) is 7.98. The summed E-state index contributed by atoms with van der Waals surface area (Å²) in [5.74, 6) is -0.00234. The number of nitrogens with two attached hydrogens (primary N) is 1. The van der Waals surface area contributed by atoms with Crippen molar-refractivity contribution >= 4 is 33.0 Å². The third-order valence-corrected chi connectivity index (χ3v) is 4.91. The van der Waals surface area contributed by atoms with Gasteiger partial charge in [0.15, 0.2) is 0 Å². The van der Waals surface area contributed by atoms with Gasteiger partial charge in [-0.3, -0.25) is 4.79 Å². The lowest BCUT2D eigenvalue weighted by molar-refractivity contribution is -0.0615. The zero-order valence-electron chi connectivity index (χ0n) is 12.3. The van der Waals surface area contributed by atoms with Crippen molar-refractivity contribution in [2.24, 2.45) is 0 Å². The number of ether oxygens (including phenoxy) is 1. The molecule has 112 valence electrons. The predicted octanol–water partition coefficient (Wildman–Crippen LogP) is 3.17. The standard InChI is InChI=1S/C16H20N2O2S/c1-16(2)9-12(5-6-20-16)18-15(19)14-8-10-7-11(17)3-4-13(10)21-14/h3-4,7-8,12H,5-6,9,17H2,1-2H3,(H,18,19). The zero-order chi connectivity index (χ0) is 15.0. The highest BCUT2D eigenvalue weighted by atomic mass is 32.1. The van der Waals surface area contributed by atoms with Gasteiger partial charge in [0, 0.05) is 23.0 Å². The molecular weight excluding hydrogens is 284 g/mol. The van der Waals surface area contributed by atoms with Gasteiger partial charge >= 0.3 is 0 Å². The highest BCUT2D eigenvalue weighted by Crippen LogP contribution is 2.28. The molecule has 3 rings (SSSR count). The van der Waals surface area contributed by atoms with Crippen LogP contribution in [-0.4, -0.2) is 24.2 Å². The van der Waals surface area contributed by atoms with Crippen LogP contribution in [0.5, 0.6) is 0 Å². The van der Waals surface area contributed by atoms with E-state index in [1.54, 1.807) is 0 Å². The van der Waals surface area contributed by atoms with E-state index in [2.05, 4.69) is 19.2 Å². The van der Waals surface area contributed by atoms with E-state index in [0.29, 0.717) is 6.61 Å². The normalized spacial score (nSPS) is 21.3. The number of thiophene rings is 1. The molecule has 1 saturated heterocycles. The maximum atomic E-state index is 12.4. The fourth-order valence-corrected chi connectivity index (χ4v) is 3.73. The molecule has 2 heterocycles. The molecule has 5 heteroatoms. The lowest BCUT2D eigenvalue weighted by Crippen LogP contribution is -2.45. The van der Waals surface area contributed by atoms with Crippen LogP contribution in [0.2, 0.25) is 0 Å². The van der Waals surface area contributed by atoms with Crippen molar-refractivity contribution in [1.29, 1.82) is 0 Å². The van der Waals surface area contributed by atoms with Crippen LogP contribution in [0.15, 0.2) is 24.3 Å². The summed E-state index contributed by atoms with van der Waals surface area (Å²) in [4.78, 5) is 13.1. The van der Waals surface area contributed by atoms with Crippen molar-refractivity contribution in [1.82, 2.24) is 5.32 Å². The van der Waals surface area contributed by atoms with Crippen molar-refractivity contribution in [3.8, 4) is 0 Å². The average Bonchev–Trinajstić information content (AvgIpc) is 2.80. The van der Waals surface area contributed by atoms with Gasteiger partial charge in [0.05, 0.1) is 10.5 Å². The third-order valence-electron chi connectivity index (χ3n) is 3.80. The number of benzene rings is 1. The molecule has 2 aromatic rings. The maximum absolute atomic E-state index is 12.4. The van der Waals surface area contributed by atoms with Crippen molar-refractivity contribution < 1.29 is 9.53 Å². The molecule has 0 saturated carbocycles. The molecule has 1 aliphatic rings. The van der Waals surface area contributed by atoms with Crippen molar-refractivity contribution in [2.75, 3.05) is 12.3 Å². The maximum Gasteiger partial charge on any atom is 0.261 e. The summed E-state index contributed by atoms with van der Waals surface area (Å²) in [7, 11) is 0. The number of rotatable bonds is 2. The van der Waals surface area contributed by atoms with Crippen LogP contribution in [0.4, 0.5) is 5.69 Å². The second-order valence-electron chi connectivity index (χ2n) is 6.18. The van der Waals surface area contributed by atoms with E-state index in [1.807, 2.05) is 24.3 Å². The number of amides is 1. The molecule has 1 fully saturated rings. The number of carbonyl (C=O) groups is 1. The van der Waals surface area contributed by atoms with E-state index in [1.165, 1.54) is 11.3 Å². The summed E-state index contributed by atoms with van der Waals surface area (Å²) in [5.41, 5.74) is 6.34. The molecule has 4 nitrogen and oxygen atoms in total. The fourth-order valence-electron chi connectivity index (χ4n) is 2.79. The minimum Gasteiger partial charge on any atom is -0.399 e. The van der Waals surface area contributed by atoms with Gasteiger partial charge in [-0.1, -0.05) is 0 Å². The average molecular weight is 304 g/mol. The number of fused-ring (bicyclic) bond motifs is 1. The molecule has 1 aliphatic heterocycles. The van der Waals surface area contributed by atoms with Gasteiger partial charge in [0.25, 0.3) is 5.91 Å². The lowest BCUT2D eigenvalue weighted by atomic mass is 9.94. The van der Waals surface area contributed by atoms with E-state index in [-0.39, 0.29) is 17.6 Å². The van der Waals surface area contributed by atoms with Crippen LogP contribution in [0.1, 0.15) is 36.4 Å². The molecule has 1 unspecified atom stereocenters. The fraction of sp³-hybridized carbons (Fsp3) is 0.438. The summed E-state index contributed by atoms with van der Waals surface area (Å²) < 4.78 is 6.77. The predicted molar refractivity (Wildman–Crippen MR) is 86.8 cm³/mol. The summed E-state index contributed by atoms with van der Waals surface area (Å²) in [6.07, 6.45) is 1.71. The van der Waals surface area contributed by atoms with E-state index < -0.39 is 0 Å². The molecule has 0 bridgehead atoms. The molecule has 1 atom stereocenters. The topological polar surface area (TPSA) is 64.4 Å². The molecule has 0 spiro atoms. The Labute approximate surface area is 128 Å². The Morgan fingerprint density at radius 2 is 2.24 bits per heavy atom. The van der Waals surface area contributed by atoms with Crippen LogP contribution in [-0.2, 0) is 4.74 Å². The molecule has 0 radical (unpaired) electrons. The highest BCUT2D eigenvalue weighted by molar-refractivity contribution is 7.20. The quantitative estimate of drug-likeness (QED) is 0.838. The number of nitrogens with one attached hydrogen (secondary N) is 1. The van der Waals surface area contributed by atoms with Gasteiger partial charge < -0.3 is 15.8 Å². The first kappa shape index (κ1) is 14.4. The number of carbonyl (C=O) groups excluding carboxylic acids is 1. The van der Waals surface area contributed by atoms with Crippen molar-refractivity contribution in [2.45, 2.75) is 38.3 Å². The van der Waals surface area contributed by atoms with Crippen molar-refractivity contribution in [3.05, 3.63) is 29.1 Å². The molecule has 21 heavy (non-hydrogen) atoms. The molecule has 0 aliphatic carbocycles. The van der Waals surface area contributed by atoms with Crippen LogP contribution in [0.25, 0.3) is 10.1 Å². The summed E-state index contributed by atoms with van der Waals surface area (Å²) in [6, 6.07) is 7.82. The zero-order valence-corrected chi connectivity index (χ0v) is 13.1. The SMILES string of the molecule is CC1(C)CC(NC(=O)c2cc3cc(N)ccc3s2)CCO1. The van der Waals surface area contributed by atoms with Crippen LogP contribution in [0, 0.1) is 0 Å². The summed E-state index contributed by atoms with van der Waals surface area (Å²) >= 11 is 1.50. The largest absolute Gasteiger partial charge is 0.399 e. The van der Waals surface area contributed by atoms with Gasteiger partial charge in [0.1, 0.15) is 0 Å². The first-order chi connectivity index (χ1) is 9.93. The Morgan fingerprint density at radius 1 is 1.43 bits per heavy atom. The minimum atomic E-state index is -0.162. The smallest absolute Gasteiger partial charge is 0.261 e. The summed E-state index contributed by atoms with van der Waals surface area (Å²) in [5, 5.41) is 4.15. The Morgan fingerprint density at radius 3 is 3.00 bits per heavy atom. The molecule has 1 aromatic heterocycles. The number of hydrogen-bond donors (Lipinski definition) is 2. The second-order valence-corrected chi connectivity index (χ2v) is 7.26. The van der Waals surface area contributed by atoms with E-state index in [4.69, 9.17) is 10.5 Å². The first-order valence-electron chi connectivity index (χ1n) is 7.17. The van der Waals surface area contributed by atoms with Gasteiger partial charge in [-0.2, -0.15) is 0 Å². The van der Waals surface area contributed by atoms with Gasteiger partial charge in [-0.05, 0) is 56.3 Å². The Balaban J connectivity index is 1.74. The monoisotopic (exact) mass is 304 g/mol. The number of hydrogen-bond acceptors (Lipinski definition) is 4. The lowest BCUT2D eigenvalue weighted by Gasteiger charge is -2.35. The van der Waals surface area contributed by atoms with Gasteiger partial charge in [0.2, 0.25) is 0 Å². The number of nitrogen functional groups attached to an aromatic ring is 1.